The summed E-state index contributed by atoms with van der Waals surface area (Å²) in [5, 5.41) is 0. The van der Waals surface area contributed by atoms with Gasteiger partial charge in [-0.15, -0.1) is 0 Å². The third-order valence-electron chi connectivity index (χ3n) is 10.3. The molecule has 0 aromatic rings. The molecule has 0 rings (SSSR count). The van der Waals surface area contributed by atoms with Gasteiger partial charge in [0.2, 0.25) is 0 Å². The van der Waals surface area contributed by atoms with E-state index in [1.807, 2.05) is 0 Å². The van der Waals surface area contributed by atoms with Crippen LogP contribution < -0.4 is 0 Å². The van der Waals surface area contributed by atoms with E-state index in [9.17, 15) is 0 Å². The average molecular weight is 679 g/mol. The van der Waals surface area contributed by atoms with Crippen molar-refractivity contribution in [3.8, 4) is 0 Å². The van der Waals surface area contributed by atoms with Gasteiger partial charge in [-0.3, -0.25) is 9.80 Å². The summed E-state index contributed by atoms with van der Waals surface area (Å²) in [6.07, 6.45) is 44.6. The van der Waals surface area contributed by atoms with Crippen molar-refractivity contribution < 1.29 is 4.74 Å². The Morgan fingerprint density at radius 3 is 0.688 bits per heavy atom. The highest BCUT2D eigenvalue weighted by Crippen LogP contribution is 2.22. The predicted octanol–water partition coefficient (Wildman–Crippen LogP) is 15.3. The maximum atomic E-state index is 7.10. The molecule has 0 aliphatic carbocycles. The fourth-order valence-corrected chi connectivity index (χ4v) is 7.16. The molecule has 0 saturated heterocycles. The molecule has 0 fully saturated rings. The van der Waals surface area contributed by atoms with Crippen molar-refractivity contribution in [1.82, 2.24) is 9.80 Å². The van der Waals surface area contributed by atoms with E-state index in [-0.39, 0.29) is 12.0 Å². The van der Waals surface area contributed by atoms with Gasteiger partial charge in [0.25, 0.3) is 0 Å². The molecule has 0 amide bonds. The van der Waals surface area contributed by atoms with Gasteiger partial charge >= 0.3 is 0 Å². The zero-order valence-electron chi connectivity index (χ0n) is 34.8. The Bertz CT molecular complexity index is 518. The highest BCUT2D eigenvalue weighted by atomic mass is 16.5. The molecule has 290 valence electrons. The second-order valence-corrected chi connectivity index (χ2v) is 16.5. The molecule has 0 aromatic heterocycles. The number of unbranched alkanes of at least 4 members (excludes halogenated alkanes) is 28. The van der Waals surface area contributed by atoms with Gasteiger partial charge in [-0.25, -0.2) is 0 Å². The molecule has 0 radical (unpaired) electrons. The second kappa shape index (κ2) is 36.7. The number of ether oxygens (including phenoxy) is 1. The molecule has 0 aromatic carbocycles. The summed E-state index contributed by atoms with van der Waals surface area (Å²) in [4.78, 5) is 5.60. The average Bonchev–Trinajstić information content (AvgIpc) is 3.06. The lowest BCUT2D eigenvalue weighted by Gasteiger charge is -2.43. The third-order valence-corrected chi connectivity index (χ3v) is 10.3. The molecule has 0 bridgehead atoms. The lowest BCUT2D eigenvalue weighted by molar-refractivity contribution is -0.206. The Kier molecular flexibility index (Phi) is 36.6. The van der Waals surface area contributed by atoms with Gasteiger partial charge in [0.05, 0.1) is 5.60 Å². The van der Waals surface area contributed by atoms with Crippen LogP contribution in [0, 0.1) is 0 Å². The zero-order valence-corrected chi connectivity index (χ0v) is 34.8. The lowest BCUT2D eigenvalue weighted by atomic mass is 10.1. The Labute approximate surface area is 305 Å². The van der Waals surface area contributed by atoms with Gasteiger partial charge in [0.1, 0.15) is 0 Å². The van der Waals surface area contributed by atoms with E-state index in [1.165, 1.54) is 232 Å². The summed E-state index contributed by atoms with van der Waals surface area (Å²) < 4.78 is 7.10. The van der Waals surface area contributed by atoms with Gasteiger partial charge in [0, 0.05) is 26.2 Å². The summed E-state index contributed by atoms with van der Waals surface area (Å²) in [6, 6.07) is 0. The van der Waals surface area contributed by atoms with Crippen LogP contribution in [0.1, 0.15) is 254 Å². The van der Waals surface area contributed by atoms with Crippen LogP contribution in [-0.2, 0) is 4.74 Å². The number of nitrogens with zero attached hydrogens (tertiary/aromatic N) is 2. The molecule has 3 nitrogen and oxygen atoms in total. The molecule has 3 heteroatoms. The van der Waals surface area contributed by atoms with E-state index in [2.05, 4.69) is 58.3 Å². The summed E-state index contributed by atoms with van der Waals surface area (Å²) in [5.41, 5.74) is -0.141. The smallest absolute Gasteiger partial charge is 0.169 e. The fourth-order valence-electron chi connectivity index (χ4n) is 7.16. The van der Waals surface area contributed by atoms with Crippen molar-refractivity contribution in [2.24, 2.45) is 0 Å². The monoisotopic (exact) mass is 679 g/mol. The van der Waals surface area contributed by atoms with E-state index < -0.39 is 0 Å². The Balaban J connectivity index is 5.47. The van der Waals surface area contributed by atoms with E-state index in [1.54, 1.807) is 0 Å². The van der Waals surface area contributed by atoms with Gasteiger partial charge < -0.3 is 4.74 Å². The SMILES string of the molecule is CCCCCCCCCCN(CCCCCCCCCC)C(OC(C)(C)C)N(CCCCCCCCCC)CCCCCCCCCC. The fraction of sp³-hybridized carbons (Fsp3) is 1.00. The summed E-state index contributed by atoms with van der Waals surface area (Å²) in [6.45, 7) is 20.9. The van der Waals surface area contributed by atoms with Crippen molar-refractivity contribution in [3.05, 3.63) is 0 Å². The van der Waals surface area contributed by atoms with Crippen molar-refractivity contribution in [2.45, 2.75) is 266 Å². The minimum Gasteiger partial charge on any atom is -0.344 e. The first-order chi connectivity index (χ1) is 23.4. The van der Waals surface area contributed by atoms with E-state index in [0.29, 0.717) is 0 Å². The summed E-state index contributed by atoms with van der Waals surface area (Å²) >= 11 is 0. The highest BCUT2D eigenvalue weighted by Gasteiger charge is 2.29. The number of rotatable bonds is 39. The van der Waals surface area contributed by atoms with E-state index >= 15 is 0 Å². The standard InChI is InChI=1S/C45H94N2O/c1-8-12-16-20-24-28-32-36-40-46(41-37-33-29-25-21-17-13-9-2)44(48-45(5,6)7)47(42-38-34-30-26-22-18-14-10-3)43-39-35-31-27-23-19-15-11-4/h44H,8-43H2,1-7H3. The highest BCUT2D eigenvalue weighted by molar-refractivity contribution is 4.73. The van der Waals surface area contributed by atoms with Crippen LogP contribution in [-0.4, -0.2) is 47.9 Å². The topological polar surface area (TPSA) is 15.7 Å². The van der Waals surface area contributed by atoms with E-state index in [0.717, 1.165) is 0 Å². The quantitative estimate of drug-likeness (QED) is 0.0475. The van der Waals surface area contributed by atoms with Crippen LogP contribution in [0.3, 0.4) is 0 Å². The largest absolute Gasteiger partial charge is 0.344 e. The first-order valence-corrected chi connectivity index (χ1v) is 22.5. The van der Waals surface area contributed by atoms with Crippen LogP contribution >= 0.6 is 0 Å². The molecule has 0 N–H and O–H groups in total. The van der Waals surface area contributed by atoms with Crippen molar-refractivity contribution in [3.63, 3.8) is 0 Å². The maximum absolute atomic E-state index is 7.10. The van der Waals surface area contributed by atoms with Crippen LogP contribution in [0.4, 0.5) is 0 Å². The third kappa shape index (κ3) is 33.0. The Hall–Kier alpha value is -0.120. The Morgan fingerprint density at radius 1 is 0.312 bits per heavy atom. The molecule has 0 spiro atoms. The van der Waals surface area contributed by atoms with Crippen LogP contribution in [0.25, 0.3) is 0 Å². The van der Waals surface area contributed by atoms with Crippen LogP contribution in [0.15, 0.2) is 0 Å². The molecule has 0 atom stereocenters. The molecule has 0 unspecified atom stereocenters. The first kappa shape index (κ1) is 47.9. The molecule has 0 heterocycles. The second-order valence-electron chi connectivity index (χ2n) is 16.5. The Morgan fingerprint density at radius 2 is 0.500 bits per heavy atom. The molecule has 0 aliphatic rings. The normalized spacial score (nSPS) is 12.4. The number of hydrogen-bond acceptors (Lipinski definition) is 3. The maximum Gasteiger partial charge on any atom is 0.169 e. The zero-order chi connectivity index (χ0) is 35.4. The minimum absolute atomic E-state index is 0.119. The first-order valence-electron chi connectivity index (χ1n) is 22.5. The van der Waals surface area contributed by atoms with Gasteiger partial charge in [-0.2, -0.15) is 0 Å². The minimum atomic E-state index is -0.141. The van der Waals surface area contributed by atoms with Crippen LogP contribution in [0.2, 0.25) is 0 Å². The lowest BCUT2D eigenvalue weighted by Crippen LogP contribution is -2.54. The molecule has 48 heavy (non-hydrogen) atoms. The van der Waals surface area contributed by atoms with Crippen molar-refractivity contribution >= 4 is 0 Å². The van der Waals surface area contributed by atoms with Crippen LogP contribution in [0.5, 0.6) is 0 Å². The van der Waals surface area contributed by atoms with Gasteiger partial charge in [-0.05, 0) is 46.5 Å². The molecule has 0 aliphatic heterocycles. The number of hydrogen-bond donors (Lipinski definition) is 0. The van der Waals surface area contributed by atoms with Gasteiger partial charge in [0.15, 0.2) is 6.35 Å². The predicted molar refractivity (Wildman–Crippen MR) is 218 cm³/mol. The molecule has 0 saturated carbocycles. The summed E-state index contributed by atoms with van der Waals surface area (Å²) in [5.74, 6) is 0. The molecular weight excluding hydrogens is 585 g/mol. The van der Waals surface area contributed by atoms with Gasteiger partial charge in [-0.1, -0.05) is 207 Å². The van der Waals surface area contributed by atoms with Crippen molar-refractivity contribution in [2.75, 3.05) is 26.2 Å². The van der Waals surface area contributed by atoms with Crippen molar-refractivity contribution in [1.29, 1.82) is 0 Å². The molecular formula is C45H94N2O. The van der Waals surface area contributed by atoms with E-state index in [4.69, 9.17) is 4.74 Å². The summed E-state index contributed by atoms with van der Waals surface area (Å²) in [7, 11) is 0.